The van der Waals surface area contributed by atoms with Crippen LogP contribution in [0.2, 0.25) is 5.02 Å². The molecule has 0 spiro atoms. The van der Waals surface area contributed by atoms with E-state index in [1.165, 1.54) is 0 Å². The molecule has 1 atom stereocenters. The number of benzene rings is 1. The Morgan fingerprint density at radius 1 is 1.40 bits per heavy atom. The van der Waals surface area contributed by atoms with Crippen LogP contribution in [0.15, 0.2) is 34.9 Å². The number of aromatic nitrogens is 1. The zero-order chi connectivity index (χ0) is 16.2. The second-order valence-electron chi connectivity index (χ2n) is 5.74. The highest BCUT2D eigenvalue weighted by Gasteiger charge is 2.23. The molecule has 0 aliphatic carbocycles. The van der Waals surface area contributed by atoms with E-state index in [4.69, 9.17) is 16.0 Å². The highest BCUT2D eigenvalue weighted by Crippen LogP contribution is 2.28. The third kappa shape index (κ3) is 5.35. The van der Waals surface area contributed by atoms with Crippen molar-refractivity contribution in [1.29, 1.82) is 0 Å². The van der Waals surface area contributed by atoms with Gasteiger partial charge in [0.1, 0.15) is 0 Å². The van der Waals surface area contributed by atoms with E-state index >= 15 is 0 Å². The molecule has 1 saturated heterocycles. The minimum Gasteiger partial charge on any atom is -0.441 e. The van der Waals surface area contributed by atoms with Crippen molar-refractivity contribution < 1.29 is 9.21 Å². The maximum Gasteiger partial charge on any atom is 0.223 e. The smallest absolute Gasteiger partial charge is 0.223 e. The van der Waals surface area contributed by atoms with E-state index in [0.717, 1.165) is 25.2 Å². The number of carbonyl (C=O) groups is 1. The van der Waals surface area contributed by atoms with Gasteiger partial charge in [-0.25, -0.2) is 4.98 Å². The first kappa shape index (κ1) is 21.8. The zero-order valence-corrected chi connectivity index (χ0v) is 16.3. The summed E-state index contributed by atoms with van der Waals surface area (Å²) in [7, 11) is 0. The third-order valence-corrected chi connectivity index (χ3v) is 4.40. The monoisotopic (exact) mass is 405 g/mol. The molecule has 1 aliphatic rings. The number of amides is 1. The van der Waals surface area contributed by atoms with E-state index in [-0.39, 0.29) is 36.8 Å². The van der Waals surface area contributed by atoms with Crippen molar-refractivity contribution in [3.63, 3.8) is 0 Å². The molecule has 1 aliphatic heterocycles. The number of oxazole rings is 1. The summed E-state index contributed by atoms with van der Waals surface area (Å²) in [6.45, 7) is 4.52. The Morgan fingerprint density at radius 3 is 2.88 bits per heavy atom. The fraction of sp³-hybridized carbons (Fsp3) is 0.412. The Labute approximate surface area is 164 Å². The van der Waals surface area contributed by atoms with Gasteiger partial charge in [-0.15, -0.1) is 24.8 Å². The molecule has 0 radical (unpaired) electrons. The van der Waals surface area contributed by atoms with Crippen LogP contribution in [0.3, 0.4) is 0 Å². The Bertz CT molecular complexity index is 693. The second kappa shape index (κ2) is 10.0. The lowest BCUT2D eigenvalue weighted by Gasteiger charge is -2.34. The minimum atomic E-state index is 0. The molecule has 0 saturated carbocycles. The molecule has 1 fully saturated rings. The highest BCUT2D eigenvalue weighted by atomic mass is 35.5. The molecule has 2 aromatic rings. The Kier molecular flexibility index (Phi) is 8.73. The molecule has 2 heterocycles. The van der Waals surface area contributed by atoms with Crippen LogP contribution < -0.4 is 5.32 Å². The molecule has 1 aromatic carbocycles. The quantitative estimate of drug-likeness (QED) is 0.843. The maximum absolute atomic E-state index is 12.3. The lowest BCUT2D eigenvalue weighted by atomic mass is 10.2. The molecule has 3 rings (SSSR count). The Morgan fingerprint density at radius 2 is 2.16 bits per heavy atom. The summed E-state index contributed by atoms with van der Waals surface area (Å²) in [5.41, 5.74) is 0.815. The van der Waals surface area contributed by atoms with Crippen molar-refractivity contribution >= 4 is 42.3 Å². The van der Waals surface area contributed by atoms with Crippen molar-refractivity contribution in [1.82, 2.24) is 15.2 Å². The molecule has 25 heavy (non-hydrogen) atoms. The number of piperazine rings is 1. The predicted octanol–water partition coefficient (Wildman–Crippen LogP) is 3.59. The summed E-state index contributed by atoms with van der Waals surface area (Å²) in [5.74, 6) is 1.35. The molecule has 1 unspecified atom stereocenters. The molecular formula is C17H22Cl3N3O2. The van der Waals surface area contributed by atoms with Crippen molar-refractivity contribution in [3.05, 3.63) is 41.4 Å². The Balaban J connectivity index is 0.00000156. The van der Waals surface area contributed by atoms with E-state index in [1.807, 2.05) is 29.2 Å². The van der Waals surface area contributed by atoms with Crippen LogP contribution >= 0.6 is 36.4 Å². The number of nitrogens with zero attached hydrogens (tertiary/aromatic N) is 2. The van der Waals surface area contributed by atoms with Gasteiger partial charge < -0.3 is 14.6 Å². The lowest BCUT2D eigenvalue weighted by molar-refractivity contribution is -0.134. The first-order valence-corrected chi connectivity index (χ1v) is 8.22. The van der Waals surface area contributed by atoms with E-state index < -0.39 is 0 Å². The van der Waals surface area contributed by atoms with Crippen LogP contribution in [0.1, 0.15) is 19.2 Å². The van der Waals surface area contributed by atoms with E-state index in [1.54, 1.807) is 6.20 Å². The van der Waals surface area contributed by atoms with E-state index in [2.05, 4.69) is 17.2 Å². The van der Waals surface area contributed by atoms with Gasteiger partial charge in [0.15, 0.2) is 11.7 Å². The van der Waals surface area contributed by atoms with Crippen molar-refractivity contribution in [2.24, 2.45) is 0 Å². The van der Waals surface area contributed by atoms with Gasteiger partial charge in [0.2, 0.25) is 5.91 Å². The zero-order valence-electron chi connectivity index (χ0n) is 13.9. The minimum absolute atomic E-state index is 0. The first-order valence-electron chi connectivity index (χ1n) is 7.85. The van der Waals surface area contributed by atoms with Crippen LogP contribution in [-0.4, -0.2) is 41.5 Å². The number of carbonyl (C=O) groups excluding carboxylic acids is 1. The van der Waals surface area contributed by atoms with Crippen LogP contribution in [-0.2, 0) is 11.2 Å². The van der Waals surface area contributed by atoms with Crippen molar-refractivity contribution in [2.45, 2.75) is 25.8 Å². The van der Waals surface area contributed by atoms with E-state index in [0.29, 0.717) is 29.5 Å². The third-order valence-electron chi connectivity index (χ3n) is 4.07. The van der Waals surface area contributed by atoms with Crippen LogP contribution in [0.25, 0.3) is 11.3 Å². The number of hydrogen-bond acceptors (Lipinski definition) is 4. The molecule has 8 heteroatoms. The maximum atomic E-state index is 12.3. The standard InChI is InChI=1S/C17H20ClN3O2.2ClH/c1-12-10-19-8-9-21(12)17(22)7-6-16-20-11-15(23-16)13-4-2-3-5-14(13)18;;/h2-5,11-12,19H,6-10H2,1H3;2*1H. The van der Waals surface area contributed by atoms with Crippen LogP contribution in [0, 0.1) is 0 Å². The second-order valence-corrected chi connectivity index (χ2v) is 6.15. The number of halogens is 3. The van der Waals surface area contributed by atoms with E-state index in [9.17, 15) is 4.79 Å². The summed E-state index contributed by atoms with van der Waals surface area (Å²) in [4.78, 5) is 18.5. The normalized spacial score (nSPS) is 16.7. The predicted molar refractivity (Wildman–Crippen MR) is 104 cm³/mol. The van der Waals surface area contributed by atoms with Crippen LogP contribution in [0.5, 0.6) is 0 Å². The highest BCUT2D eigenvalue weighted by molar-refractivity contribution is 6.33. The summed E-state index contributed by atoms with van der Waals surface area (Å²) in [5, 5.41) is 3.91. The first-order chi connectivity index (χ1) is 11.1. The average Bonchev–Trinajstić information content (AvgIpc) is 3.02. The fourth-order valence-corrected chi connectivity index (χ4v) is 3.01. The van der Waals surface area contributed by atoms with Gasteiger partial charge in [-0.1, -0.05) is 23.7 Å². The summed E-state index contributed by atoms with van der Waals surface area (Å²) >= 11 is 6.16. The van der Waals surface area contributed by atoms with Crippen molar-refractivity contribution in [3.8, 4) is 11.3 Å². The van der Waals surface area contributed by atoms with Gasteiger partial charge in [0.05, 0.1) is 11.2 Å². The van der Waals surface area contributed by atoms with Gasteiger partial charge in [0.25, 0.3) is 0 Å². The largest absolute Gasteiger partial charge is 0.441 e. The summed E-state index contributed by atoms with van der Waals surface area (Å²) in [6.07, 6.45) is 2.57. The molecular weight excluding hydrogens is 385 g/mol. The van der Waals surface area contributed by atoms with Gasteiger partial charge in [0, 0.05) is 44.1 Å². The fourth-order valence-electron chi connectivity index (χ4n) is 2.78. The topological polar surface area (TPSA) is 58.4 Å². The van der Waals surface area contributed by atoms with Gasteiger partial charge in [-0.05, 0) is 19.1 Å². The lowest BCUT2D eigenvalue weighted by Crippen LogP contribution is -2.52. The molecule has 5 nitrogen and oxygen atoms in total. The molecule has 1 aromatic heterocycles. The molecule has 0 bridgehead atoms. The van der Waals surface area contributed by atoms with Gasteiger partial charge >= 0.3 is 0 Å². The van der Waals surface area contributed by atoms with Gasteiger partial charge in [-0.3, -0.25) is 4.79 Å². The number of hydrogen-bond donors (Lipinski definition) is 1. The van der Waals surface area contributed by atoms with Crippen LogP contribution in [0.4, 0.5) is 0 Å². The molecule has 1 amide bonds. The number of rotatable bonds is 4. The molecule has 1 N–H and O–H groups in total. The number of nitrogens with one attached hydrogen (secondary N) is 1. The molecule has 138 valence electrons. The van der Waals surface area contributed by atoms with Crippen molar-refractivity contribution in [2.75, 3.05) is 19.6 Å². The summed E-state index contributed by atoms with van der Waals surface area (Å²) < 4.78 is 5.74. The average molecular weight is 407 g/mol. The van der Waals surface area contributed by atoms with Gasteiger partial charge in [-0.2, -0.15) is 0 Å². The number of aryl methyl sites for hydroxylation is 1. The SMILES string of the molecule is CC1CNCCN1C(=O)CCc1ncc(-c2ccccc2Cl)o1.Cl.Cl. The summed E-state index contributed by atoms with van der Waals surface area (Å²) in [6, 6.07) is 7.71. The Hall–Kier alpha value is -1.27.